The Morgan fingerprint density at radius 1 is 1.50 bits per heavy atom. The van der Waals surface area contributed by atoms with E-state index in [9.17, 15) is 4.39 Å². The van der Waals surface area contributed by atoms with E-state index in [4.69, 9.17) is 5.73 Å². The number of hydrogen-bond acceptors (Lipinski definition) is 4. The molecule has 5 nitrogen and oxygen atoms in total. The van der Waals surface area contributed by atoms with Crippen LogP contribution in [0.4, 0.5) is 10.3 Å². The smallest absolute Gasteiger partial charge is 0.245 e. The summed E-state index contributed by atoms with van der Waals surface area (Å²) >= 11 is 0. The van der Waals surface area contributed by atoms with E-state index in [0.29, 0.717) is 30.1 Å². The Morgan fingerprint density at radius 2 is 2.33 bits per heavy atom. The number of nitrogens with two attached hydrogens (primary N) is 1. The number of rotatable bonds is 2. The highest BCUT2D eigenvalue weighted by Crippen LogP contribution is 2.26. The number of anilines is 1. The third kappa shape index (κ3) is 1.82. The van der Waals surface area contributed by atoms with Crippen molar-refractivity contribution < 1.29 is 4.39 Å². The van der Waals surface area contributed by atoms with Gasteiger partial charge in [-0.2, -0.15) is 4.98 Å². The first-order valence-electron chi connectivity index (χ1n) is 6.16. The van der Waals surface area contributed by atoms with Gasteiger partial charge in [-0.15, -0.1) is 5.10 Å². The zero-order chi connectivity index (χ0) is 12.7. The maximum atomic E-state index is 13.1. The Morgan fingerprint density at radius 3 is 3.06 bits per heavy atom. The van der Waals surface area contributed by atoms with Gasteiger partial charge in [0.15, 0.2) is 5.65 Å². The molecule has 0 bridgehead atoms. The molecule has 2 N–H and O–H groups in total. The van der Waals surface area contributed by atoms with Crippen LogP contribution in [0.1, 0.15) is 13.3 Å². The van der Waals surface area contributed by atoms with Crippen molar-refractivity contribution in [3.63, 3.8) is 0 Å². The standard InChI is InChI=1S/C12H16FN5/c1-8-4-9(5-14)6-17(8)12-15-11-3-2-10(13)7-18(11)16-12/h2-3,7-9H,4-6,14H2,1H3. The Labute approximate surface area is 104 Å². The number of halogens is 1. The molecule has 2 aromatic rings. The monoisotopic (exact) mass is 249 g/mol. The maximum absolute atomic E-state index is 13.1. The zero-order valence-electron chi connectivity index (χ0n) is 10.3. The van der Waals surface area contributed by atoms with Gasteiger partial charge in [0.25, 0.3) is 0 Å². The molecule has 0 aliphatic carbocycles. The number of aromatic nitrogens is 3. The number of fused-ring (bicyclic) bond motifs is 1. The summed E-state index contributed by atoms with van der Waals surface area (Å²) in [6, 6.07) is 3.40. The van der Waals surface area contributed by atoms with Crippen LogP contribution in [0, 0.1) is 11.7 Å². The predicted molar refractivity (Wildman–Crippen MR) is 66.9 cm³/mol. The lowest BCUT2D eigenvalue weighted by Gasteiger charge is -2.18. The summed E-state index contributed by atoms with van der Waals surface area (Å²) in [6.45, 7) is 3.70. The molecule has 0 saturated carbocycles. The Kier molecular flexibility index (Phi) is 2.66. The lowest BCUT2D eigenvalue weighted by Crippen LogP contribution is -2.28. The molecular formula is C12H16FN5. The van der Waals surface area contributed by atoms with Crippen molar-refractivity contribution in [2.75, 3.05) is 18.0 Å². The van der Waals surface area contributed by atoms with Crippen molar-refractivity contribution >= 4 is 11.6 Å². The highest BCUT2D eigenvalue weighted by Gasteiger charge is 2.30. The largest absolute Gasteiger partial charge is 0.336 e. The molecule has 1 aliphatic heterocycles. The van der Waals surface area contributed by atoms with Crippen molar-refractivity contribution in [1.82, 2.24) is 14.6 Å². The van der Waals surface area contributed by atoms with Gasteiger partial charge in [0, 0.05) is 12.6 Å². The van der Waals surface area contributed by atoms with E-state index < -0.39 is 0 Å². The summed E-state index contributed by atoms with van der Waals surface area (Å²) < 4.78 is 14.6. The van der Waals surface area contributed by atoms with Gasteiger partial charge in [-0.25, -0.2) is 8.91 Å². The quantitative estimate of drug-likeness (QED) is 0.864. The van der Waals surface area contributed by atoms with E-state index in [0.717, 1.165) is 13.0 Å². The van der Waals surface area contributed by atoms with Gasteiger partial charge in [0.2, 0.25) is 5.95 Å². The second kappa shape index (κ2) is 4.20. The normalized spacial score (nSPS) is 24.1. The van der Waals surface area contributed by atoms with Crippen LogP contribution in [0.25, 0.3) is 5.65 Å². The van der Waals surface area contributed by atoms with Crippen LogP contribution in [0.15, 0.2) is 18.3 Å². The van der Waals surface area contributed by atoms with E-state index in [1.807, 2.05) is 0 Å². The van der Waals surface area contributed by atoms with Gasteiger partial charge >= 0.3 is 0 Å². The first kappa shape index (κ1) is 11.4. The van der Waals surface area contributed by atoms with Crippen molar-refractivity contribution in [1.29, 1.82) is 0 Å². The van der Waals surface area contributed by atoms with Crippen LogP contribution in [0.2, 0.25) is 0 Å². The average Bonchev–Trinajstić information content (AvgIpc) is 2.91. The van der Waals surface area contributed by atoms with Gasteiger partial charge in [-0.1, -0.05) is 0 Å². The number of pyridine rings is 1. The van der Waals surface area contributed by atoms with Gasteiger partial charge in [0.05, 0.1) is 6.20 Å². The van der Waals surface area contributed by atoms with Crippen molar-refractivity contribution in [2.24, 2.45) is 11.7 Å². The fraction of sp³-hybridized carbons (Fsp3) is 0.500. The van der Waals surface area contributed by atoms with Gasteiger partial charge in [-0.3, -0.25) is 0 Å². The lowest BCUT2D eigenvalue weighted by molar-refractivity contribution is 0.579. The van der Waals surface area contributed by atoms with E-state index in [1.54, 1.807) is 6.07 Å². The van der Waals surface area contributed by atoms with Crippen LogP contribution in [0.3, 0.4) is 0 Å². The molecule has 3 heterocycles. The van der Waals surface area contributed by atoms with Crippen molar-refractivity contribution in [3.05, 3.63) is 24.1 Å². The highest BCUT2D eigenvalue weighted by molar-refractivity contribution is 5.45. The summed E-state index contributed by atoms with van der Waals surface area (Å²) in [5, 5.41) is 4.33. The number of nitrogens with zero attached hydrogens (tertiary/aromatic N) is 4. The molecule has 2 unspecified atom stereocenters. The van der Waals surface area contributed by atoms with Crippen molar-refractivity contribution in [3.8, 4) is 0 Å². The van der Waals surface area contributed by atoms with Crippen LogP contribution < -0.4 is 10.6 Å². The Balaban J connectivity index is 1.94. The van der Waals surface area contributed by atoms with Gasteiger partial charge in [-0.05, 0) is 37.9 Å². The molecule has 6 heteroatoms. The first-order valence-corrected chi connectivity index (χ1v) is 6.16. The fourth-order valence-electron chi connectivity index (χ4n) is 2.56. The van der Waals surface area contributed by atoms with Crippen LogP contribution >= 0.6 is 0 Å². The molecule has 0 spiro atoms. The van der Waals surface area contributed by atoms with E-state index in [1.165, 1.54) is 16.8 Å². The van der Waals surface area contributed by atoms with E-state index in [2.05, 4.69) is 21.9 Å². The molecule has 1 saturated heterocycles. The molecule has 2 atom stereocenters. The molecule has 0 radical (unpaired) electrons. The Bertz CT molecular complexity index is 567. The summed E-state index contributed by atoms with van der Waals surface area (Å²) in [5.74, 6) is 0.834. The first-order chi connectivity index (χ1) is 8.67. The molecule has 2 aromatic heterocycles. The maximum Gasteiger partial charge on any atom is 0.245 e. The van der Waals surface area contributed by atoms with Crippen LogP contribution in [0.5, 0.6) is 0 Å². The number of hydrogen-bond donors (Lipinski definition) is 1. The topological polar surface area (TPSA) is 59.5 Å². The minimum absolute atomic E-state index is 0.312. The van der Waals surface area contributed by atoms with Gasteiger partial charge in [0.1, 0.15) is 5.82 Å². The molecule has 0 amide bonds. The van der Waals surface area contributed by atoms with Crippen molar-refractivity contribution in [2.45, 2.75) is 19.4 Å². The molecule has 0 aromatic carbocycles. The van der Waals surface area contributed by atoms with E-state index >= 15 is 0 Å². The van der Waals surface area contributed by atoms with Crippen LogP contribution in [-0.2, 0) is 0 Å². The lowest BCUT2D eigenvalue weighted by atomic mass is 10.1. The summed E-state index contributed by atoms with van der Waals surface area (Å²) in [7, 11) is 0. The second-order valence-corrected chi connectivity index (χ2v) is 4.90. The average molecular weight is 249 g/mol. The SMILES string of the molecule is CC1CC(CN)CN1c1nc2ccc(F)cn2n1. The zero-order valence-corrected chi connectivity index (χ0v) is 10.3. The molecule has 18 heavy (non-hydrogen) atoms. The summed E-state index contributed by atoms with van der Waals surface area (Å²) in [4.78, 5) is 6.57. The molecule has 3 rings (SSSR count). The summed E-state index contributed by atoms with van der Waals surface area (Å²) in [6.07, 6.45) is 2.40. The van der Waals surface area contributed by atoms with Crippen LogP contribution in [-0.4, -0.2) is 33.7 Å². The summed E-state index contributed by atoms with van der Waals surface area (Å²) in [5.41, 5.74) is 6.37. The van der Waals surface area contributed by atoms with Gasteiger partial charge < -0.3 is 10.6 Å². The Hall–Kier alpha value is -1.69. The highest BCUT2D eigenvalue weighted by atomic mass is 19.1. The fourth-order valence-corrected chi connectivity index (χ4v) is 2.56. The van der Waals surface area contributed by atoms with E-state index in [-0.39, 0.29) is 5.82 Å². The second-order valence-electron chi connectivity index (χ2n) is 4.90. The minimum atomic E-state index is -0.312. The minimum Gasteiger partial charge on any atom is -0.336 e. The molecule has 96 valence electrons. The molecule has 1 fully saturated rings. The molecule has 1 aliphatic rings. The third-order valence-corrected chi connectivity index (χ3v) is 3.54. The predicted octanol–water partition coefficient (Wildman–Crippen LogP) is 1.04. The molecular weight excluding hydrogens is 233 g/mol. The third-order valence-electron chi connectivity index (χ3n) is 3.54.